The molecule has 0 N–H and O–H groups in total. The minimum absolute atomic E-state index is 0.363. The topological polar surface area (TPSA) is 38.8 Å². The predicted octanol–water partition coefficient (Wildman–Crippen LogP) is 4.37. The van der Waals surface area contributed by atoms with Crippen molar-refractivity contribution in [1.82, 2.24) is 4.90 Å². The number of thiocarbonyl (C=S) groups is 1. The second kappa shape index (κ2) is 6.56. The molecular weight excluding hydrogens is 334 g/mol. The van der Waals surface area contributed by atoms with Crippen molar-refractivity contribution < 1.29 is 14.3 Å². The molecular formula is C17H14ClNO3S. The summed E-state index contributed by atoms with van der Waals surface area (Å²) >= 11 is 11.3. The maximum absolute atomic E-state index is 12.1. The van der Waals surface area contributed by atoms with Gasteiger partial charge < -0.3 is 9.47 Å². The number of rotatable bonds is 4. The van der Waals surface area contributed by atoms with Gasteiger partial charge in [-0.1, -0.05) is 48.1 Å². The predicted molar refractivity (Wildman–Crippen MR) is 91.8 cm³/mol. The van der Waals surface area contributed by atoms with Gasteiger partial charge in [0.25, 0.3) is 0 Å². The summed E-state index contributed by atoms with van der Waals surface area (Å²) in [5.41, 5.74) is 1.76. The number of nitrogens with zero attached hydrogens (tertiary/aromatic N) is 1. The normalized spacial score (nSPS) is 17.3. The van der Waals surface area contributed by atoms with E-state index in [1.165, 1.54) is 4.90 Å². The van der Waals surface area contributed by atoms with Crippen LogP contribution in [0.3, 0.4) is 0 Å². The SMILES string of the molecule is COc1ccc(C2OC(=O)N(Cc3ccc(Cl)cc3)C2=S)cc1. The number of ether oxygens (including phenoxy) is 2. The molecule has 0 radical (unpaired) electrons. The van der Waals surface area contributed by atoms with Gasteiger partial charge in [0.15, 0.2) is 6.10 Å². The van der Waals surface area contributed by atoms with E-state index >= 15 is 0 Å². The molecule has 2 aromatic rings. The third kappa shape index (κ3) is 3.30. The average Bonchev–Trinajstić information content (AvgIpc) is 2.85. The van der Waals surface area contributed by atoms with Gasteiger partial charge in [-0.25, -0.2) is 4.79 Å². The first-order valence-corrected chi connectivity index (χ1v) is 7.77. The molecule has 1 heterocycles. The second-order valence-electron chi connectivity index (χ2n) is 5.09. The summed E-state index contributed by atoms with van der Waals surface area (Å²) in [5, 5.41) is 0.649. The first kappa shape index (κ1) is 15.8. The van der Waals surface area contributed by atoms with Crippen molar-refractivity contribution in [3.63, 3.8) is 0 Å². The fourth-order valence-corrected chi connectivity index (χ4v) is 2.80. The molecule has 4 nitrogen and oxygen atoms in total. The van der Waals surface area contributed by atoms with Crippen LogP contribution in [0.4, 0.5) is 4.79 Å². The molecule has 1 fully saturated rings. The Hall–Kier alpha value is -2.11. The van der Waals surface area contributed by atoms with E-state index in [4.69, 9.17) is 33.3 Å². The van der Waals surface area contributed by atoms with Crippen LogP contribution in [0.1, 0.15) is 17.2 Å². The van der Waals surface area contributed by atoms with Crippen LogP contribution in [-0.4, -0.2) is 23.1 Å². The Morgan fingerprint density at radius 1 is 1.17 bits per heavy atom. The lowest BCUT2D eigenvalue weighted by Crippen LogP contribution is -2.27. The van der Waals surface area contributed by atoms with Gasteiger partial charge in [0, 0.05) is 5.02 Å². The first-order chi connectivity index (χ1) is 11.1. The van der Waals surface area contributed by atoms with Crippen molar-refractivity contribution >= 4 is 34.9 Å². The van der Waals surface area contributed by atoms with Gasteiger partial charge in [-0.05, 0) is 35.4 Å². The quantitative estimate of drug-likeness (QED) is 0.770. The Morgan fingerprint density at radius 2 is 1.83 bits per heavy atom. The molecule has 3 rings (SSSR count). The second-order valence-corrected chi connectivity index (χ2v) is 5.94. The highest BCUT2D eigenvalue weighted by Gasteiger charge is 2.38. The molecule has 0 saturated carbocycles. The molecule has 1 aliphatic heterocycles. The van der Waals surface area contributed by atoms with Gasteiger partial charge >= 0.3 is 6.09 Å². The number of hydrogen-bond acceptors (Lipinski definition) is 4. The van der Waals surface area contributed by atoms with Gasteiger partial charge in [-0.2, -0.15) is 0 Å². The fourth-order valence-electron chi connectivity index (χ4n) is 2.35. The molecule has 1 unspecified atom stereocenters. The van der Waals surface area contributed by atoms with E-state index in [9.17, 15) is 4.79 Å². The number of benzene rings is 2. The molecule has 1 atom stereocenters. The molecule has 23 heavy (non-hydrogen) atoms. The lowest BCUT2D eigenvalue weighted by atomic mass is 10.1. The van der Waals surface area contributed by atoms with Crippen molar-refractivity contribution in [1.29, 1.82) is 0 Å². The number of carbonyl (C=O) groups is 1. The van der Waals surface area contributed by atoms with Crippen LogP contribution >= 0.6 is 23.8 Å². The van der Waals surface area contributed by atoms with Crippen LogP contribution in [-0.2, 0) is 11.3 Å². The number of cyclic esters (lactones) is 1. The Labute approximate surface area is 144 Å². The molecule has 0 bridgehead atoms. The zero-order valence-corrected chi connectivity index (χ0v) is 13.9. The monoisotopic (exact) mass is 347 g/mol. The number of carbonyl (C=O) groups excluding carboxylic acids is 1. The summed E-state index contributed by atoms with van der Waals surface area (Å²) < 4.78 is 10.5. The average molecular weight is 348 g/mol. The van der Waals surface area contributed by atoms with Gasteiger partial charge in [-0.15, -0.1) is 0 Å². The molecule has 0 aromatic heterocycles. The van der Waals surface area contributed by atoms with E-state index in [0.717, 1.165) is 16.9 Å². The fraction of sp³-hybridized carbons (Fsp3) is 0.176. The van der Waals surface area contributed by atoms with Crippen molar-refractivity contribution in [2.45, 2.75) is 12.6 Å². The van der Waals surface area contributed by atoms with Crippen molar-refractivity contribution in [3.8, 4) is 5.75 Å². The van der Waals surface area contributed by atoms with Gasteiger partial charge in [0.1, 0.15) is 10.7 Å². The zero-order valence-electron chi connectivity index (χ0n) is 12.4. The summed E-state index contributed by atoms with van der Waals surface area (Å²) in [7, 11) is 1.60. The van der Waals surface area contributed by atoms with Crippen LogP contribution in [0.2, 0.25) is 5.02 Å². The minimum Gasteiger partial charge on any atom is -0.497 e. The number of methoxy groups -OCH3 is 1. The largest absolute Gasteiger partial charge is 0.497 e. The van der Waals surface area contributed by atoms with Crippen molar-refractivity contribution in [3.05, 3.63) is 64.7 Å². The van der Waals surface area contributed by atoms with E-state index in [1.807, 2.05) is 36.4 Å². The molecule has 118 valence electrons. The number of amides is 1. The van der Waals surface area contributed by atoms with E-state index in [-0.39, 0.29) is 0 Å². The molecule has 0 spiro atoms. The lowest BCUT2D eigenvalue weighted by Gasteiger charge is -2.14. The van der Waals surface area contributed by atoms with Crippen LogP contribution in [0, 0.1) is 0 Å². The highest BCUT2D eigenvalue weighted by Crippen LogP contribution is 2.31. The van der Waals surface area contributed by atoms with Crippen molar-refractivity contribution in [2.24, 2.45) is 0 Å². The summed E-state index contributed by atoms with van der Waals surface area (Å²) in [4.78, 5) is 14.0. The molecule has 1 aliphatic rings. The Kier molecular flexibility index (Phi) is 4.50. The summed E-state index contributed by atoms with van der Waals surface area (Å²) in [6.45, 7) is 0.363. The van der Waals surface area contributed by atoms with Gasteiger partial charge in [0.05, 0.1) is 13.7 Å². The van der Waals surface area contributed by atoms with Crippen LogP contribution in [0.5, 0.6) is 5.75 Å². The summed E-state index contributed by atoms with van der Waals surface area (Å²) in [5.74, 6) is 0.738. The summed E-state index contributed by atoms with van der Waals surface area (Å²) in [6.07, 6.45) is -0.985. The zero-order chi connectivity index (χ0) is 16.4. The highest BCUT2D eigenvalue weighted by atomic mass is 35.5. The molecule has 1 amide bonds. The summed E-state index contributed by atoms with van der Waals surface area (Å²) in [6, 6.07) is 14.6. The van der Waals surface area contributed by atoms with Crippen LogP contribution in [0.15, 0.2) is 48.5 Å². The van der Waals surface area contributed by atoms with Crippen molar-refractivity contribution in [2.75, 3.05) is 7.11 Å². The first-order valence-electron chi connectivity index (χ1n) is 6.99. The third-order valence-electron chi connectivity index (χ3n) is 3.60. The Bertz CT molecular complexity index is 731. The lowest BCUT2D eigenvalue weighted by molar-refractivity contribution is 0.133. The number of halogens is 1. The highest BCUT2D eigenvalue weighted by molar-refractivity contribution is 7.80. The Morgan fingerprint density at radius 3 is 2.43 bits per heavy atom. The minimum atomic E-state index is -0.546. The van der Waals surface area contributed by atoms with Crippen LogP contribution in [0.25, 0.3) is 0 Å². The smallest absolute Gasteiger partial charge is 0.416 e. The third-order valence-corrected chi connectivity index (χ3v) is 4.29. The van der Waals surface area contributed by atoms with Gasteiger partial charge in [-0.3, -0.25) is 4.90 Å². The maximum atomic E-state index is 12.1. The maximum Gasteiger partial charge on any atom is 0.416 e. The van der Waals surface area contributed by atoms with E-state index in [1.54, 1.807) is 19.2 Å². The molecule has 2 aromatic carbocycles. The van der Waals surface area contributed by atoms with Gasteiger partial charge in [0.2, 0.25) is 0 Å². The van der Waals surface area contributed by atoms with E-state index in [0.29, 0.717) is 16.6 Å². The van der Waals surface area contributed by atoms with E-state index in [2.05, 4.69) is 0 Å². The van der Waals surface area contributed by atoms with Crippen LogP contribution < -0.4 is 4.74 Å². The standard InChI is InChI=1S/C17H14ClNO3S/c1-21-14-8-4-12(5-9-14)15-16(23)19(17(20)22-15)10-11-2-6-13(18)7-3-11/h2-9,15H,10H2,1H3. The molecule has 0 aliphatic carbocycles. The molecule has 6 heteroatoms. The molecule has 1 saturated heterocycles. The Balaban J connectivity index is 1.77. The van der Waals surface area contributed by atoms with E-state index < -0.39 is 12.2 Å². The number of hydrogen-bond donors (Lipinski definition) is 0.